The minimum atomic E-state index is -3.68. The monoisotopic (exact) mass is 449 g/mol. The van der Waals surface area contributed by atoms with Crippen LogP contribution >= 0.6 is 11.6 Å². The average molecular weight is 450 g/mol. The SMILES string of the molecule is CCc1ccc(C(C)NC(=O)c2cc(S(=O)(=O)N3CCN(C)CC3)ccc2Cl)cc1. The summed E-state index contributed by atoms with van der Waals surface area (Å²) in [7, 11) is -1.71. The van der Waals surface area contributed by atoms with Gasteiger partial charge in [0, 0.05) is 26.2 Å². The predicted molar refractivity (Wildman–Crippen MR) is 119 cm³/mol. The molecule has 0 aliphatic carbocycles. The Labute approximate surface area is 183 Å². The number of benzene rings is 2. The molecule has 0 bridgehead atoms. The summed E-state index contributed by atoms with van der Waals surface area (Å²) in [6.07, 6.45) is 0.950. The zero-order chi connectivity index (χ0) is 21.9. The number of nitrogens with zero attached hydrogens (tertiary/aromatic N) is 2. The van der Waals surface area contributed by atoms with E-state index in [1.54, 1.807) is 0 Å². The maximum Gasteiger partial charge on any atom is 0.253 e. The molecule has 1 fully saturated rings. The van der Waals surface area contributed by atoms with Gasteiger partial charge in [-0.25, -0.2) is 8.42 Å². The summed E-state index contributed by atoms with van der Waals surface area (Å²) in [6, 6.07) is 12.1. The second-order valence-corrected chi connectivity index (χ2v) is 9.98. The summed E-state index contributed by atoms with van der Waals surface area (Å²) in [5.41, 5.74) is 2.35. The van der Waals surface area contributed by atoms with E-state index in [1.807, 2.05) is 38.2 Å². The van der Waals surface area contributed by atoms with E-state index in [9.17, 15) is 13.2 Å². The number of nitrogens with one attached hydrogen (secondary N) is 1. The molecule has 2 aromatic carbocycles. The first-order valence-corrected chi connectivity index (χ1v) is 11.9. The Hall–Kier alpha value is -1.93. The van der Waals surface area contributed by atoms with Crippen LogP contribution in [0, 0.1) is 0 Å². The third-order valence-corrected chi connectivity index (χ3v) is 7.74. The lowest BCUT2D eigenvalue weighted by Gasteiger charge is -2.31. The molecule has 1 aliphatic rings. The number of sulfonamides is 1. The number of amides is 1. The molecule has 3 rings (SSSR count). The molecular formula is C22H28ClN3O3S. The van der Waals surface area contributed by atoms with Gasteiger partial charge in [0.05, 0.1) is 21.5 Å². The highest BCUT2D eigenvalue weighted by Gasteiger charge is 2.28. The molecule has 6 nitrogen and oxygen atoms in total. The van der Waals surface area contributed by atoms with E-state index < -0.39 is 15.9 Å². The van der Waals surface area contributed by atoms with Crippen LogP contribution in [-0.2, 0) is 16.4 Å². The van der Waals surface area contributed by atoms with Crippen molar-refractivity contribution in [3.8, 4) is 0 Å². The summed E-state index contributed by atoms with van der Waals surface area (Å²) in [5.74, 6) is -0.400. The van der Waals surface area contributed by atoms with Gasteiger partial charge in [-0.05, 0) is 49.7 Å². The van der Waals surface area contributed by atoms with Crippen molar-refractivity contribution in [2.75, 3.05) is 33.2 Å². The molecule has 1 unspecified atom stereocenters. The zero-order valence-corrected chi connectivity index (χ0v) is 19.1. The first kappa shape index (κ1) is 22.7. The van der Waals surface area contributed by atoms with E-state index in [-0.39, 0.29) is 21.5 Å². The molecule has 162 valence electrons. The highest BCUT2D eigenvalue weighted by Crippen LogP contribution is 2.25. The number of halogens is 1. The lowest BCUT2D eigenvalue weighted by Crippen LogP contribution is -2.47. The second kappa shape index (κ2) is 9.47. The van der Waals surface area contributed by atoms with Crippen molar-refractivity contribution in [1.29, 1.82) is 0 Å². The Morgan fingerprint density at radius 3 is 2.33 bits per heavy atom. The van der Waals surface area contributed by atoms with Crippen LogP contribution in [0.15, 0.2) is 47.4 Å². The molecular weight excluding hydrogens is 422 g/mol. The first-order valence-electron chi connectivity index (χ1n) is 10.1. The maximum atomic E-state index is 13.0. The number of hydrogen-bond acceptors (Lipinski definition) is 4. The van der Waals surface area contributed by atoms with Crippen molar-refractivity contribution >= 4 is 27.5 Å². The van der Waals surface area contributed by atoms with Crippen LogP contribution in [0.4, 0.5) is 0 Å². The van der Waals surface area contributed by atoms with Gasteiger partial charge in [-0.3, -0.25) is 4.79 Å². The number of aryl methyl sites for hydroxylation is 1. The fraction of sp³-hybridized carbons (Fsp3) is 0.409. The number of likely N-dealkylation sites (N-methyl/N-ethyl adjacent to an activating group) is 1. The standard InChI is InChI=1S/C22H28ClN3O3S/c1-4-17-5-7-18(8-6-17)16(2)24-22(27)20-15-19(9-10-21(20)23)30(28,29)26-13-11-25(3)12-14-26/h5-10,15-16H,4,11-14H2,1-3H3,(H,24,27). The summed E-state index contributed by atoms with van der Waals surface area (Å²) in [5, 5.41) is 3.14. The Kier molecular flexibility index (Phi) is 7.18. The van der Waals surface area contributed by atoms with Crippen LogP contribution < -0.4 is 5.32 Å². The van der Waals surface area contributed by atoms with Gasteiger partial charge >= 0.3 is 0 Å². The van der Waals surface area contributed by atoms with Crippen molar-refractivity contribution in [3.05, 3.63) is 64.2 Å². The third kappa shape index (κ3) is 5.03. The Bertz CT molecular complexity index is 1000. The normalized spacial score (nSPS) is 16.9. The van der Waals surface area contributed by atoms with E-state index in [2.05, 4.69) is 17.1 Å². The first-order chi connectivity index (χ1) is 14.2. The fourth-order valence-electron chi connectivity index (χ4n) is 3.42. The van der Waals surface area contributed by atoms with Gasteiger partial charge in [-0.2, -0.15) is 4.31 Å². The van der Waals surface area contributed by atoms with Crippen molar-refractivity contribution in [2.24, 2.45) is 0 Å². The molecule has 30 heavy (non-hydrogen) atoms. The van der Waals surface area contributed by atoms with Gasteiger partial charge in [0.1, 0.15) is 0 Å². The van der Waals surface area contributed by atoms with Crippen LogP contribution in [0.2, 0.25) is 5.02 Å². The molecule has 8 heteroatoms. The summed E-state index contributed by atoms with van der Waals surface area (Å²) >= 11 is 6.24. The Morgan fingerprint density at radius 2 is 1.73 bits per heavy atom. The second-order valence-electron chi connectivity index (χ2n) is 7.64. The number of piperazine rings is 1. The molecule has 1 saturated heterocycles. The van der Waals surface area contributed by atoms with Gasteiger partial charge in [-0.1, -0.05) is 42.8 Å². The van der Waals surface area contributed by atoms with Crippen molar-refractivity contribution < 1.29 is 13.2 Å². The van der Waals surface area contributed by atoms with Gasteiger partial charge in [-0.15, -0.1) is 0 Å². The largest absolute Gasteiger partial charge is 0.345 e. The maximum absolute atomic E-state index is 13.0. The van der Waals surface area contributed by atoms with Crippen LogP contribution in [0.3, 0.4) is 0 Å². The van der Waals surface area contributed by atoms with Gasteiger partial charge < -0.3 is 10.2 Å². The number of rotatable bonds is 6. The molecule has 1 aliphatic heterocycles. The zero-order valence-electron chi connectivity index (χ0n) is 17.6. The highest BCUT2D eigenvalue weighted by atomic mass is 35.5. The van der Waals surface area contributed by atoms with E-state index in [0.29, 0.717) is 26.2 Å². The van der Waals surface area contributed by atoms with Crippen LogP contribution in [-0.4, -0.2) is 56.8 Å². The molecule has 0 saturated carbocycles. The highest BCUT2D eigenvalue weighted by molar-refractivity contribution is 7.89. The quantitative estimate of drug-likeness (QED) is 0.734. The van der Waals surface area contributed by atoms with Gasteiger partial charge in [0.2, 0.25) is 10.0 Å². The molecule has 1 heterocycles. The van der Waals surface area contributed by atoms with Crippen LogP contribution in [0.5, 0.6) is 0 Å². The predicted octanol–water partition coefficient (Wildman–Crippen LogP) is 3.33. The molecule has 1 atom stereocenters. The van der Waals surface area contributed by atoms with E-state index in [4.69, 9.17) is 11.6 Å². The van der Waals surface area contributed by atoms with E-state index >= 15 is 0 Å². The minimum Gasteiger partial charge on any atom is -0.345 e. The van der Waals surface area contributed by atoms with Crippen molar-refractivity contribution in [1.82, 2.24) is 14.5 Å². The Balaban J connectivity index is 1.79. The molecule has 1 amide bonds. The number of hydrogen-bond donors (Lipinski definition) is 1. The van der Waals surface area contributed by atoms with Gasteiger partial charge in [0.15, 0.2) is 0 Å². The lowest BCUT2D eigenvalue weighted by atomic mass is 10.0. The third-order valence-electron chi connectivity index (χ3n) is 5.52. The van der Waals surface area contributed by atoms with E-state index in [1.165, 1.54) is 28.1 Å². The van der Waals surface area contributed by atoms with Crippen LogP contribution in [0.1, 0.15) is 41.4 Å². The van der Waals surface area contributed by atoms with E-state index in [0.717, 1.165) is 12.0 Å². The Morgan fingerprint density at radius 1 is 1.10 bits per heavy atom. The summed E-state index contributed by atoms with van der Waals surface area (Å²) < 4.78 is 27.5. The minimum absolute atomic E-state index is 0.0848. The molecule has 0 aromatic heterocycles. The summed E-state index contributed by atoms with van der Waals surface area (Å²) in [6.45, 7) is 6.17. The summed E-state index contributed by atoms with van der Waals surface area (Å²) in [4.78, 5) is 15.0. The average Bonchev–Trinajstić information content (AvgIpc) is 2.74. The number of carbonyl (C=O) groups is 1. The number of carbonyl (C=O) groups excluding carboxylic acids is 1. The molecule has 0 spiro atoms. The topological polar surface area (TPSA) is 69.7 Å². The molecule has 0 radical (unpaired) electrons. The molecule has 1 N–H and O–H groups in total. The smallest absolute Gasteiger partial charge is 0.253 e. The van der Waals surface area contributed by atoms with Crippen molar-refractivity contribution in [3.63, 3.8) is 0 Å². The fourth-order valence-corrected chi connectivity index (χ4v) is 5.07. The molecule has 2 aromatic rings. The van der Waals surface area contributed by atoms with Gasteiger partial charge in [0.25, 0.3) is 5.91 Å². The van der Waals surface area contributed by atoms with Crippen molar-refractivity contribution in [2.45, 2.75) is 31.2 Å². The lowest BCUT2D eigenvalue weighted by molar-refractivity contribution is 0.0940. The van der Waals surface area contributed by atoms with Crippen LogP contribution in [0.25, 0.3) is 0 Å².